The molecule has 3 nitrogen and oxygen atoms in total. The number of nitrogens with one attached hydrogen (secondary N) is 1. The highest BCUT2D eigenvalue weighted by Gasteiger charge is 2.43. The fourth-order valence-electron chi connectivity index (χ4n) is 3.29. The SMILES string of the molecule is COC(=O)C1CC(C)(C)CC1NC(C)c1ccccc1. The van der Waals surface area contributed by atoms with E-state index >= 15 is 0 Å². The molecule has 3 heteroatoms. The van der Waals surface area contributed by atoms with Crippen molar-refractivity contribution in [3.63, 3.8) is 0 Å². The van der Waals surface area contributed by atoms with E-state index in [2.05, 4.69) is 38.2 Å². The average Bonchev–Trinajstić information content (AvgIpc) is 2.73. The molecule has 0 aliphatic heterocycles. The summed E-state index contributed by atoms with van der Waals surface area (Å²) in [6.45, 7) is 6.59. The molecule has 1 aliphatic carbocycles. The minimum atomic E-state index is -0.0895. The largest absolute Gasteiger partial charge is 0.469 e. The average molecular weight is 275 g/mol. The number of carbonyl (C=O) groups excluding carboxylic acids is 1. The van der Waals surface area contributed by atoms with E-state index < -0.39 is 0 Å². The number of hydrogen-bond donors (Lipinski definition) is 1. The van der Waals surface area contributed by atoms with Crippen molar-refractivity contribution in [3.05, 3.63) is 35.9 Å². The van der Waals surface area contributed by atoms with Gasteiger partial charge in [-0.3, -0.25) is 4.79 Å². The van der Waals surface area contributed by atoms with Gasteiger partial charge in [0.15, 0.2) is 0 Å². The number of methoxy groups -OCH3 is 1. The lowest BCUT2D eigenvalue weighted by atomic mass is 9.90. The standard InChI is InChI=1S/C17H25NO2/c1-12(13-8-6-5-7-9-13)18-15-11-17(2,3)10-14(15)16(19)20-4/h5-9,12,14-15,18H,10-11H2,1-4H3. The van der Waals surface area contributed by atoms with Crippen molar-refractivity contribution in [1.29, 1.82) is 0 Å². The van der Waals surface area contributed by atoms with E-state index in [9.17, 15) is 4.79 Å². The number of ether oxygens (including phenoxy) is 1. The molecule has 0 saturated heterocycles. The van der Waals surface area contributed by atoms with Gasteiger partial charge in [0.2, 0.25) is 0 Å². The first kappa shape index (κ1) is 15.0. The van der Waals surface area contributed by atoms with Crippen LogP contribution in [-0.4, -0.2) is 19.1 Å². The van der Waals surface area contributed by atoms with Crippen LogP contribution in [0.5, 0.6) is 0 Å². The zero-order chi connectivity index (χ0) is 14.8. The smallest absolute Gasteiger partial charge is 0.310 e. The zero-order valence-corrected chi connectivity index (χ0v) is 12.8. The third-order valence-corrected chi connectivity index (χ3v) is 4.30. The van der Waals surface area contributed by atoms with E-state index in [1.807, 2.05) is 18.2 Å². The Hall–Kier alpha value is -1.35. The Morgan fingerprint density at radius 1 is 1.30 bits per heavy atom. The summed E-state index contributed by atoms with van der Waals surface area (Å²) in [5.41, 5.74) is 1.44. The first-order valence-electron chi connectivity index (χ1n) is 7.32. The van der Waals surface area contributed by atoms with Gasteiger partial charge >= 0.3 is 5.97 Å². The molecule has 0 bridgehead atoms. The summed E-state index contributed by atoms with van der Waals surface area (Å²) in [7, 11) is 1.48. The lowest BCUT2D eigenvalue weighted by Gasteiger charge is -2.24. The monoisotopic (exact) mass is 275 g/mol. The maximum absolute atomic E-state index is 12.0. The molecule has 1 aliphatic rings. The minimum Gasteiger partial charge on any atom is -0.469 e. The quantitative estimate of drug-likeness (QED) is 0.857. The van der Waals surface area contributed by atoms with E-state index in [0.717, 1.165) is 12.8 Å². The van der Waals surface area contributed by atoms with Crippen molar-refractivity contribution in [2.75, 3.05) is 7.11 Å². The number of esters is 1. The summed E-state index contributed by atoms with van der Waals surface area (Å²) in [5, 5.41) is 3.62. The molecule has 3 unspecified atom stereocenters. The van der Waals surface area contributed by atoms with Crippen LogP contribution in [0.15, 0.2) is 30.3 Å². The van der Waals surface area contributed by atoms with E-state index in [1.165, 1.54) is 12.7 Å². The van der Waals surface area contributed by atoms with Crippen LogP contribution in [0.1, 0.15) is 45.2 Å². The second kappa shape index (κ2) is 5.96. The van der Waals surface area contributed by atoms with Gasteiger partial charge in [-0.25, -0.2) is 0 Å². The Kier molecular flexibility index (Phi) is 4.48. The molecular formula is C17H25NO2. The van der Waals surface area contributed by atoms with Crippen LogP contribution in [0.3, 0.4) is 0 Å². The van der Waals surface area contributed by atoms with Crippen molar-refractivity contribution in [3.8, 4) is 0 Å². The predicted molar refractivity (Wildman–Crippen MR) is 80.3 cm³/mol. The highest BCUT2D eigenvalue weighted by molar-refractivity contribution is 5.73. The molecule has 1 aromatic rings. The molecule has 1 fully saturated rings. The van der Waals surface area contributed by atoms with Gasteiger partial charge in [-0.2, -0.15) is 0 Å². The molecule has 0 radical (unpaired) electrons. The lowest BCUT2D eigenvalue weighted by molar-refractivity contribution is -0.146. The number of carbonyl (C=O) groups is 1. The molecule has 0 heterocycles. The normalized spacial score (nSPS) is 26.2. The topological polar surface area (TPSA) is 38.3 Å². The Balaban J connectivity index is 2.08. The number of benzene rings is 1. The fraction of sp³-hybridized carbons (Fsp3) is 0.588. The predicted octanol–water partition coefficient (Wildman–Crippen LogP) is 3.32. The molecule has 0 aromatic heterocycles. The summed E-state index contributed by atoms with van der Waals surface area (Å²) in [6, 6.07) is 10.8. The van der Waals surface area contributed by atoms with Crippen molar-refractivity contribution in [2.24, 2.45) is 11.3 Å². The van der Waals surface area contributed by atoms with E-state index in [4.69, 9.17) is 4.74 Å². The third kappa shape index (κ3) is 3.40. The molecule has 1 N–H and O–H groups in total. The van der Waals surface area contributed by atoms with Crippen LogP contribution in [0, 0.1) is 11.3 Å². The number of rotatable bonds is 4. The summed E-state index contributed by atoms with van der Waals surface area (Å²) in [6.07, 6.45) is 1.89. The van der Waals surface area contributed by atoms with Crippen LogP contribution in [-0.2, 0) is 9.53 Å². The van der Waals surface area contributed by atoms with Gasteiger partial charge in [0, 0.05) is 12.1 Å². The minimum absolute atomic E-state index is 0.0406. The summed E-state index contributed by atoms with van der Waals surface area (Å²) < 4.78 is 4.97. The summed E-state index contributed by atoms with van der Waals surface area (Å²) in [5.74, 6) is -0.130. The molecular weight excluding hydrogens is 250 g/mol. The van der Waals surface area contributed by atoms with Crippen LogP contribution in [0.25, 0.3) is 0 Å². The van der Waals surface area contributed by atoms with Crippen molar-refractivity contribution >= 4 is 5.97 Å². The second-order valence-corrected chi connectivity index (χ2v) is 6.61. The van der Waals surface area contributed by atoms with Gasteiger partial charge in [-0.05, 0) is 30.7 Å². The highest BCUT2D eigenvalue weighted by atomic mass is 16.5. The maximum Gasteiger partial charge on any atom is 0.310 e. The van der Waals surface area contributed by atoms with Crippen LogP contribution in [0.2, 0.25) is 0 Å². The Bertz CT molecular complexity index is 455. The van der Waals surface area contributed by atoms with E-state index in [-0.39, 0.29) is 29.4 Å². The first-order valence-corrected chi connectivity index (χ1v) is 7.32. The van der Waals surface area contributed by atoms with Gasteiger partial charge in [-0.1, -0.05) is 44.2 Å². The van der Waals surface area contributed by atoms with Crippen molar-refractivity contribution in [1.82, 2.24) is 5.32 Å². The van der Waals surface area contributed by atoms with Crippen LogP contribution >= 0.6 is 0 Å². The molecule has 0 amide bonds. The molecule has 0 spiro atoms. The maximum atomic E-state index is 12.0. The van der Waals surface area contributed by atoms with Crippen molar-refractivity contribution in [2.45, 2.75) is 45.7 Å². The van der Waals surface area contributed by atoms with Gasteiger partial charge in [0.05, 0.1) is 13.0 Å². The third-order valence-electron chi connectivity index (χ3n) is 4.30. The van der Waals surface area contributed by atoms with Gasteiger partial charge in [-0.15, -0.1) is 0 Å². The van der Waals surface area contributed by atoms with Crippen LogP contribution < -0.4 is 5.32 Å². The molecule has 1 aromatic carbocycles. The lowest BCUT2D eigenvalue weighted by Crippen LogP contribution is -2.38. The first-order chi connectivity index (χ1) is 9.43. The molecule has 1 saturated carbocycles. The Labute approximate surface area is 121 Å². The second-order valence-electron chi connectivity index (χ2n) is 6.61. The van der Waals surface area contributed by atoms with Gasteiger partial charge in [0.1, 0.15) is 0 Å². The summed E-state index contributed by atoms with van der Waals surface area (Å²) >= 11 is 0. The van der Waals surface area contributed by atoms with Gasteiger partial charge in [0.25, 0.3) is 0 Å². The molecule has 3 atom stereocenters. The number of hydrogen-bond acceptors (Lipinski definition) is 3. The molecule has 20 heavy (non-hydrogen) atoms. The van der Waals surface area contributed by atoms with E-state index in [0.29, 0.717) is 0 Å². The molecule has 2 rings (SSSR count). The van der Waals surface area contributed by atoms with E-state index in [1.54, 1.807) is 0 Å². The van der Waals surface area contributed by atoms with Crippen LogP contribution in [0.4, 0.5) is 0 Å². The van der Waals surface area contributed by atoms with Crippen molar-refractivity contribution < 1.29 is 9.53 Å². The Morgan fingerprint density at radius 2 is 1.95 bits per heavy atom. The Morgan fingerprint density at radius 3 is 2.55 bits per heavy atom. The zero-order valence-electron chi connectivity index (χ0n) is 12.8. The highest BCUT2D eigenvalue weighted by Crippen LogP contribution is 2.42. The van der Waals surface area contributed by atoms with Gasteiger partial charge < -0.3 is 10.1 Å². The fourth-order valence-corrected chi connectivity index (χ4v) is 3.29. The molecule has 110 valence electrons. The summed E-state index contributed by atoms with van der Waals surface area (Å²) in [4.78, 5) is 12.0.